The maximum atomic E-state index is 0. The Morgan fingerprint density at radius 2 is 0.273 bits per heavy atom. The predicted octanol–water partition coefficient (Wildman–Crippen LogP) is -0.837. The summed E-state index contributed by atoms with van der Waals surface area (Å²) in [7, 11) is 0. The standard InChI is InChI=1S/2Gd.2Ir.7O/q2*+3;2*+4;7*-2. The number of hydrogen-bond donors (Lipinski definition) is 0. The van der Waals surface area contributed by atoms with Gasteiger partial charge in [-0.2, -0.15) is 0 Å². The first-order valence-corrected chi connectivity index (χ1v) is 0. The zero-order valence-electron chi connectivity index (χ0n) is 4.23. The molecular formula is Gd2Ir2O7. The summed E-state index contributed by atoms with van der Waals surface area (Å²) in [5, 5.41) is 0. The SMILES string of the molecule is [Gd+3].[Gd+3].[Ir+4].[Ir+4].[O-2].[O-2].[O-2].[O-2].[O-2].[O-2].[O-2]. The Hall–Kier alpha value is 3.67. The van der Waals surface area contributed by atoms with E-state index in [1.807, 2.05) is 0 Å². The van der Waals surface area contributed by atoms with E-state index in [1.54, 1.807) is 0 Å². The second-order valence-electron chi connectivity index (χ2n) is 0. The van der Waals surface area contributed by atoms with E-state index < -0.39 is 0 Å². The average Bonchev–Trinajstić information content (AvgIpc) is 0. The Morgan fingerprint density at radius 1 is 0.273 bits per heavy atom. The summed E-state index contributed by atoms with van der Waals surface area (Å²) in [6, 6.07) is 0. The Kier molecular flexibility index (Phi) is 3020. The molecular weight excluding hydrogens is 811 g/mol. The second kappa shape index (κ2) is 163. The van der Waals surface area contributed by atoms with Crippen LogP contribution in [-0.4, -0.2) is 0 Å². The van der Waals surface area contributed by atoms with Crippen LogP contribution in [0, 0.1) is 79.9 Å². The van der Waals surface area contributed by atoms with Crippen LogP contribution in [0.1, 0.15) is 0 Å². The molecule has 0 aliphatic heterocycles. The van der Waals surface area contributed by atoms with Gasteiger partial charge in [-0.05, 0) is 0 Å². The van der Waals surface area contributed by atoms with Crippen LogP contribution in [0.25, 0.3) is 0 Å². The molecule has 0 saturated carbocycles. The zero-order valence-corrected chi connectivity index (χ0v) is 13.6. The maximum absolute atomic E-state index is 0. The van der Waals surface area contributed by atoms with Crippen LogP contribution in [-0.2, 0) is 78.5 Å². The summed E-state index contributed by atoms with van der Waals surface area (Å²) < 4.78 is 0. The van der Waals surface area contributed by atoms with E-state index in [0.29, 0.717) is 0 Å². The van der Waals surface area contributed by atoms with Gasteiger partial charge in [0.25, 0.3) is 0 Å². The van der Waals surface area contributed by atoms with Crippen molar-refractivity contribution >= 4 is 0 Å². The minimum Gasteiger partial charge on any atom is -2.00 e. The minimum absolute atomic E-state index is 0. The fourth-order valence-corrected chi connectivity index (χ4v) is 0. The summed E-state index contributed by atoms with van der Waals surface area (Å²) in [5.41, 5.74) is 0. The van der Waals surface area contributed by atoms with Crippen LogP contribution >= 0.6 is 0 Å². The van der Waals surface area contributed by atoms with Crippen molar-refractivity contribution in [3.8, 4) is 0 Å². The summed E-state index contributed by atoms with van der Waals surface area (Å²) in [5.74, 6) is 0. The molecule has 0 fully saturated rings. The Morgan fingerprint density at radius 3 is 0.273 bits per heavy atom. The molecule has 0 heterocycles. The summed E-state index contributed by atoms with van der Waals surface area (Å²) in [6.45, 7) is 0. The van der Waals surface area contributed by atoms with E-state index in [9.17, 15) is 0 Å². The molecule has 0 rings (SSSR count). The number of rotatable bonds is 0. The molecule has 0 N–H and O–H groups in total. The normalized spacial score (nSPS) is 0. The summed E-state index contributed by atoms with van der Waals surface area (Å²) in [4.78, 5) is 0. The van der Waals surface area contributed by atoms with Crippen LogP contribution in [0.15, 0.2) is 0 Å². The molecule has 0 amide bonds. The van der Waals surface area contributed by atoms with Gasteiger partial charge in [0, 0.05) is 0 Å². The fraction of sp³-hybridized carbons (Fsp3) is 0. The van der Waals surface area contributed by atoms with Crippen molar-refractivity contribution in [2.24, 2.45) is 0 Å². The van der Waals surface area contributed by atoms with Gasteiger partial charge in [0.1, 0.15) is 0 Å². The van der Waals surface area contributed by atoms with Crippen molar-refractivity contribution in [3.63, 3.8) is 0 Å². The molecule has 0 spiro atoms. The number of hydrogen-bond acceptors (Lipinski definition) is 0. The third kappa shape index (κ3) is 138. The predicted molar refractivity (Wildman–Crippen MR) is 4.81 cm³/mol. The van der Waals surface area contributed by atoms with Crippen LogP contribution in [0.3, 0.4) is 0 Å². The van der Waals surface area contributed by atoms with Gasteiger partial charge < -0.3 is 38.3 Å². The van der Waals surface area contributed by atoms with E-state index in [-0.39, 0.29) is 158 Å². The topological polar surface area (TPSA) is 200 Å². The quantitative estimate of drug-likeness (QED) is 0.295. The largest absolute Gasteiger partial charge is 4.00 e. The Balaban J connectivity index is 0. The van der Waals surface area contributed by atoms with E-state index >= 15 is 0 Å². The molecule has 11 heavy (non-hydrogen) atoms. The first-order valence-electron chi connectivity index (χ1n) is 0. The third-order valence-electron chi connectivity index (χ3n) is 0. The van der Waals surface area contributed by atoms with Gasteiger partial charge >= 0.3 is 120 Å². The van der Waals surface area contributed by atoms with Gasteiger partial charge in [-0.3, -0.25) is 0 Å². The van der Waals surface area contributed by atoms with Gasteiger partial charge in [0.2, 0.25) is 0 Å². The molecule has 4 radical (unpaired) electrons. The molecule has 7 nitrogen and oxygen atoms in total. The Bertz CT molecular complexity index is 14.4. The average molecular weight is 811 g/mol. The van der Waals surface area contributed by atoms with E-state index in [0.717, 1.165) is 0 Å². The molecule has 0 aromatic rings. The molecule has 0 unspecified atom stereocenters. The Labute approximate surface area is 155 Å². The molecule has 0 aliphatic rings. The molecule has 0 bridgehead atoms. The summed E-state index contributed by atoms with van der Waals surface area (Å²) in [6.07, 6.45) is 0. The van der Waals surface area contributed by atoms with Crippen LogP contribution in [0.2, 0.25) is 0 Å². The molecule has 76 valence electrons. The van der Waals surface area contributed by atoms with Gasteiger partial charge in [-0.15, -0.1) is 0 Å². The molecule has 0 aromatic heterocycles. The van der Waals surface area contributed by atoms with Gasteiger partial charge in [-0.25, -0.2) is 0 Å². The van der Waals surface area contributed by atoms with Gasteiger partial charge in [-0.1, -0.05) is 0 Å². The van der Waals surface area contributed by atoms with Crippen molar-refractivity contribution in [2.75, 3.05) is 0 Å². The maximum Gasteiger partial charge on any atom is 4.00 e. The third-order valence-corrected chi connectivity index (χ3v) is 0. The van der Waals surface area contributed by atoms with Crippen molar-refractivity contribution in [1.29, 1.82) is 0 Å². The van der Waals surface area contributed by atoms with Crippen LogP contribution in [0.5, 0.6) is 0 Å². The molecule has 0 saturated heterocycles. The van der Waals surface area contributed by atoms with Crippen molar-refractivity contribution < 1.29 is 158 Å². The second-order valence-corrected chi connectivity index (χ2v) is 0. The first-order chi connectivity index (χ1) is 0. The van der Waals surface area contributed by atoms with Gasteiger partial charge in [0.05, 0.1) is 0 Å². The van der Waals surface area contributed by atoms with Crippen LogP contribution < -0.4 is 0 Å². The zero-order chi connectivity index (χ0) is 0. The van der Waals surface area contributed by atoms with Crippen molar-refractivity contribution in [1.82, 2.24) is 0 Å². The first kappa shape index (κ1) is 204. The monoisotopic (exact) mass is 814 g/mol. The fourth-order valence-electron chi connectivity index (χ4n) is 0. The van der Waals surface area contributed by atoms with E-state index in [2.05, 4.69) is 0 Å². The van der Waals surface area contributed by atoms with Gasteiger partial charge in [0.15, 0.2) is 0 Å². The van der Waals surface area contributed by atoms with Crippen molar-refractivity contribution in [3.05, 3.63) is 0 Å². The molecule has 0 atom stereocenters. The van der Waals surface area contributed by atoms with E-state index in [4.69, 9.17) is 0 Å². The minimum atomic E-state index is 0. The van der Waals surface area contributed by atoms with Crippen molar-refractivity contribution in [2.45, 2.75) is 0 Å². The smallest absolute Gasteiger partial charge is 2.00 e. The van der Waals surface area contributed by atoms with E-state index in [1.165, 1.54) is 0 Å². The summed E-state index contributed by atoms with van der Waals surface area (Å²) >= 11 is 0. The molecule has 0 aromatic carbocycles. The van der Waals surface area contributed by atoms with Crippen LogP contribution in [0.4, 0.5) is 0 Å². The molecule has 0 aliphatic carbocycles. The molecule has 11 heteroatoms.